The van der Waals surface area contributed by atoms with Crippen LogP contribution < -0.4 is 10.6 Å². The second-order valence-corrected chi connectivity index (χ2v) is 34.8. The van der Waals surface area contributed by atoms with E-state index < -0.39 is 55.4 Å². The minimum atomic E-state index is -2.44. The zero-order valence-electron chi connectivity index (χ0n) is 40.0. The summed E-state index contributed by atoms with van der Waals surface area (Å²) in [5.41, 5.74) is -0.112. The van der Waals surface area contributed by atoms with Crippen molar-refractivity contribution >= 4 is 49.3 Å². The Morgan fingerprint density at radius 1 is 0.700 bits per heavy atom. The minimum Gasteiger partial charge on any atom is -0.462 e. The van der Waals surface area contributed by atoms with Crippen LogP contribution >= 0.6 is 0 Å². The van der Waals surface area contributed by atoms with Crippen LogP contribution in [-0.2, 0) is 41.5 Å². The Labute approximate surface area is 366 Å². The van der Waals surface area contributed by atoms with Crippen LogP contribution in [0.5, 0.6) is 0 Å². The molecule has 0 heterocycles. The van der Waals surface area contributed by atoms with Gasteiger partial charge in [-0.05, 0) is 125 Å². The van der Waals surface area contributed by atoms with Crippen molar-refractivity contribution in [2.24, 2.45) is 21.7 Å². The first-order chi connectivity index (χ1) is 27.5. The third-order valence-corrected chi connectivity index (χ3v) is 20.8. The van der Waals surface area contributed by atoms with Gasteiger partial charge in [0.1, 0.15) is 6.61 Å². The van der Waals surface area contributed by atoms with Crippen LogP contribution in [0.4, 0.5) is 9.59 Å². The van der Waals surface area contributed by atoms with E-state index >= 15 is 0 Å². The monoisotopic (exact) mass is 901 g/mol. The molecule has 0 aliphatic heterocycles. The normalized spacial score (nSPS) is 24.7. The summed E-state index contributed by atoms with van der Waals surface area (Å²) in [4.78, 5) is 50.6. The van der Waals surface area contributed by atoms with Crippen LogP contribution in [0.1, 0.15) is 119 Å². The maximum atomic E-state index is 13.5. The molecular formula is C44H84N2O11Si3. The molecule has 2 rings (SSSR count). The maximum Gasteiger partial charge on any atom is 0.407 e. The Bertz CT molecular complexity index is 1400. The number of carbonyl (C=O) groups is 4. The van der Waals surface area contributed by atoms with Gasteiger partial charge in [-0.25, -0.2) is 14.4 Å². The Balaban J connectivity index is 2.05. The fourth-order valence-corrected chi connectivity index (χ4v) is 22.4. The van der Waals surface area contributed by atoms with E-state index in [2.05, 4.69) is 112 Å². The van der Waals surface area contributed by atoms with E-state index in [0.717, 1.165) is 57.1 Å². The lowest BCUT2D eigenvalue weighted by Crippen LogP contribution is -2.52. The van der Waals surface area contributed by atoms with Gasteiger partial charge in [-0.15, -0.1) is 0 Å². The summed E-state index contributed by atoms with van der Waals surface area (Å²) in [5, 5.41) is 6.12. The number of alkyl carbamates (subject to hydrolysis) is 2. The van der Waals surface area contributed by atoms with Gasteiger partial charge in [0.25, 0.3) is 0 Å². The molecule has 16 heteroatoms. The number of hydrogen-bond acceptors (Lipinski definition) is 11. The van der Waals surface area contributed by atoms with Crippen molar-refractivity contribution in [1.82, 2.24) is 10.6 Å². The van der Waals surface area contributed by atoms with Crippen molar-refractivity contribution in [1.29, 1.82) is 0 Å². The van der Waals surface area contributed by atoms with E-state index in [0.29, 0.717) is 25.9 Å². The van der Waals surface area contributed by atoms with Gasteiger partial charge in [-0.2, -0.15) is 0 Å². The lowest BCUT2D eigenvalue weighted by Gasteiger charge is -2.46. The van der Waals surface area contributed by atoms with Gasteiger partial charge in [0.2, 0.25) is 0 Å². The second kappa shape index (κ2) is 22.9. The lowest BCUT2D eigenvalue weighted by atomic mass is 9.61. The predicted octanol–water partition coefficient (Wildman–Crippen LogP) is 10.0. The van der Waals surface area contributed by atoms with E-state index in [1.807, 2.05) is 0 Å². The van der Waals surface area contributed by atoms with Crippen molar-refractivity contribution in [2.75, 3.05) is 33.0 Å². The molecule has 0 saturated heterocycles. The standard InChI is InChI=1S/C44H84N2O11Si3/c1-16-37(47)52-23-18-24-53-39(49)45-35-27-42(5,6)33-44(8,29-35)21-20-38(48)55-36(30-51-22-19-25-60(15,56-58(9,10)11)57-59(12,13)14)31-54-40(50)46-34-26-41(3,4)32-43(7,17-2)28-34/h16,34-36H,1,17-33H2,2-15H3,(H,45,49)(H,46,50). The Morgan fingerprint density at radius 3 is 1.75 bits per heavy atom. The summed E-state index contributed by atoms with van der Waals surface area (Å²) < 4.78 is 41.5. The zero-order valence-corrected chi connectivity index (χ0v) is 43.0. The molecule has 5 unspecified atom stereocenters. The SMILES string of the molecule is C=CC(=O)OCCCOC(=O)NC1CC(C)(C)CC(C)(CCC(=O)OC(COCCC[Si](C)(O[Si](C)(C)C)O[Si](C)(C)C)COC(=O)NC2CC(C)(C)CC(C)(CC)C2)C1. The third-order valence-electron chi connectivity index (χ3n) is 11.2. The highest BCUT2D eigenvalue weighted by Crippen LogP contribution is 2.49. The van der Waals surface area contributed by atoms with Crippen molar-refractivity contribution in [2.45, 2.75) is 189 Å². The number of carbonyl (C=O) groups excluding carboxylic acids is 4. The number of rotatable bonds is 24. The molecule has 2 fully saturated rings. The first-order valence-corrected chi connectivity index (χ1v) is 31.6. The third kappa shape index (κ3) is 22.2. The summed E-state index contributed by atoms with van der Waals surface area (Å²) >= 11 is 0. The molecule has 2 aliphatic rings. The highest BCUT2D eigenvalue weighted by atomic mass is 28.5. The van der Waals surface area contributed by atoms with Gasteiger partial charge >= 0.3 is 32.7 Å². The van der Waals surface area contributed by atoms with Crippen molar-refractivity contribution in [3.8, 4) is 0 Å². The first-order valence-electron chi connectivity index (χ1n) is 22.3. The quantitative estimate of drug-likeness (QED) is 0.0312. The van der Waals surface area contributed by atoms with Crippen LogP contribution in [0.15, 0.2) is 12.7 Å². The van der Waals surface area contributed by atoms with E-state index in [1.165, 1.54) is 0 Å². The van der Waals surface area contributed by atoms with Crippen LogP contribution in [-0.4, -0.2) is 101 Å². The minimum absolute atomic E-state index is 0.00622. The first kappa shape index (κ1) is 53.9. The molecule has 0 aromatic rings. The van der Waals surface area contributed by atoms with Crippen LogP contribution in [0.3, 0.4) is 0 Å². The number of nitrogens with one attached hydrogen (secondary N) is 2. The topological polar surface area (TPSA) is 157 Å². The molecule has 0 aromatic heterocycles. The number of amides is 2. The van der Waals surface area contributed by atoms with E-state index in [9.17, 15) is 19.2 Å². The summed E-state index contributed by atoms with van der Waals surface area (Å²) in [6.07, 6.45) is 7.29. The molecule has 13 nitrogen and oxygen atoms in total. The highest BCUT2D eigenvalue weighted by Gasteiger charge is 2.43. The molecule has 0 aromatic carbocycles. The smallest absolute Gasteiger partial charge is 0.407 e. The largest absolute Gasteiger partial charge is 0.462 e. The zero-order chi connectivity index (χ0) is 45.6. The van der Waals surface area contributed by atoms with Gasteiger partial charge in [-0.1, -0.05) is 61.5 Å². The molecule has 0 bridgehead atoms. The summed E-state index contributed by atoms with van der Waals surface area (Å²) in [6, 6.07) is 0.638. The molecule has 348 valence electrons. The second-order valence-electron chi connectivity index (χ2n) is 22.0. The van der Waals surface area contributed by atoms with Gasteiger partial charge in [-0.3, -0.25) is 4.79 Å². The average Bonchev–Trinajstić information content (AvgIpc) is 3.05. The van der Waals surface area contributed by atoms with E-state index in [1.54, 1.807) is 0 Å². The summed E-state index contributed by atoms with van der Waals surface area (Å²) in [7, 11) is -6.13. The molecule has 2 N–H and O–H groups in total. The molecular weight excluding hydrogens is 817 g/mol. The van der Waals surface area contributed by atoms with Crippen LogP contribution in [0.2, 0.25) is 51.9 Å². The lowest BCUT2D eigenvalue weighted by molar-refractivity contribution is -0.156. The molecule has 60 heavy (non-hydrogen) atoms. The van der Waals surface area contributed by atoms with E-state index in [-0.39, 0.29) is 66.6 Å². The van der Waals surface area contributed by atoms with Gasteiger partial charge in [0.15, 0.2) is 22.7 Å². The highest BCUT2D eigenvalue weighted by molar-refractivity contribution is 6.87. The number of hydrogen-bond donors (Lipinski definition) is 2. The molecule has 0 radical (unpaired) electrons. The number of esters is 2. The predicted molar refractivity (Wildman–Crippen MR) is 244 cm³/mol. The molecule has 2 saturated carbocycles. The van der Waals surface area contributed by atoms with Crippen molar-refractivity contribution in [3.63, 3.8) is 0 Å². The fraction of sp³-hybridized carbons (Fsp3) is 0.864. The van der Waals surface area contributed by atoms with Crippen LogP contribution in [0, 0.1) is 21.7 Å². The molecule has 0 spiro atoms. The van der Waals surface area contributed by atoms with Gasteiger partial charge in [0.05, 0.1) is 19.8 Å². The van der Waals surface area contributed by atoms with Crippen LogP contribution in [0.25, 0.3) is 0 Å². The summed E-state index contributed by atoms with van der Waals surface area (Å²) in [6.45, 7) is 34.8. The van der Waals surface area contributed by atoms with Crippen molar-refractivity contribution < 1.29 is 51.1 Å². The Morgan fingerprint density at radius 2 is 1.22 bits per heavy atom. The number of ether oxygens (including phenoxy) is 5. The Hall–Kier alpha value is -2.25. The summed E-state index contributed by atoms with van der Waals surface area (Å²) in [5.74, 6) is -0.907. The molecule has 2 aliphatic carbocycles. The fourth-order valence-electron chi connectivity index (χ4n) is 9.87. The van der Waals surface area contributed by atoms with Gasteiger partial charge < -0.3 is 42.5 Å². The van der Waals surface area contributed by atoms with Crippen molar-refractivity contribution in [3.05, 3.63) is 12.7 Å². The van der Waals surface area contributed by atoms with E-state index in [4.69, 9.17) is 31.9 Å². The molecule has 5 atom stereocenters. The average molecular weight is 901 g/mol. The molecule has 2 amide bonds. The maximum absolute atomic E-state index is 13.5. The Kier molecular flexibility index (Phi) is 20.6. The van der Waals surface area contributed by atoms with Gasteiger partial charge in [0, 0.05) is 37.6 Å².